The van der Waals surface area contributed by atoms with Crippen LogP contribution < -0.4 is 5.32 Å². The smallest absolute Gasteiger partial charge is 0.255 e. The van der Waals surface area contributed by atoms with Crippen LogP contribution in [-0.2, 0) is 16.8 Å². The molecule has 0 atom stereocenters. The van der Waals surface area contributed by atoms with E-state index >= 15 is 0 Å². The van der Waals surface area contributed by atoms with Gasteiger partial charge < -0.3 is 10.2 Å². The maximum absolute atomic E-state index is 12.8. The lowest BCUT2D eigenvalue weighted by atomic mass is 9.48. The lowest BCUT2D eigenvalue weighted by Crippen LogP contribution is -2.48. The van der Waals surface area contributed by atoms with E-state index in [1.807, 2.05) is 29.2 Å². The highest BCUT2D eigenvalue weighted by Crippen LogP contribution is 2.60. The van der Waals surface area contributed by atoms with Crippen molar-refractivity contribution in [3.8, 4) is 0 Å². The van der Waals surface area contributed by atoms with Gasteiger partial charge in [0, 0.05) is 30.8 Å². The third-order valence-electron chi connectivity index (χ3n) is 8.55. The van der Waals surface area contributed by atoms with Gasteiger partial charge in [-0.3, -0.25) is 9.59 Å². The highest BCUT2D eigenvalue weighted by atomic mass is 16.2. The lowest BCUT2D eigenvalue weighted by molar-refractivity contribution is -0.128. The van der Waals surface area contributed by atoms with Crippen molar-refractivity contribution in [1.82, 2.24) is 4.90 Å². The summed E-state index contributed by atoms with van der Waals surface area (Å²) in [7, 11) is 0. The van der Waals surface area contributed by atoms with Gasteiger partial charge in [-0.2, -0.15) is 0 Å². The second-order valence-electron chi connectivity index (χ2n) is 10.8. The third-order valence-corrected chi connectivity index (χ3v) is 8.55. The van der Waals surface area contributed by atoms with Crippen molar-refractivity contribution >= 4 is 17.5 Å². The van der Waals surface area contributed by atoms with Crippen LogP contribution >= 0.6 is 0 Å². The van der Waals surface area contributed by atoms with Gasteiger partial charge in [0.15, 0.2) is 0 Å². The molecule has 2 aromatic rings. The Balaban J connectivity index is 1.11. The zero-order valence-corrected chi connectivity index (χ0v) is 18.7. The van der Waals surface area contributed by atoms with Crippen LogP contribution in [0.2, 0.25) is 0 Å². The predicted molar refractivity (Wildman–Crippen MR) is 125 cm³/mol. The molecule has 32 heavy (non-hydrogen) atoms. The quantitative estimate of drug-likeness (QED) is 0.681. The molecule has 2 aromatic carbocycles. The number of nitrogens with one attached hydrogen (secondary N) is 1. The summed E-state index contributed by atoms with van der Waals surface area (Å²) in [5, 5.41) is 3.06. The molecule has 4 heteroatoms. The number of carbonyl (C=O) groups is 2. The van der Waals surface area contributed by atoms with Crippen molar-refractivity contribution in [3.63, 3.8) is 0 Å². The van der Waals surface area contributed by atoms with E-state index in [1.54, 1.807) is 0 Å². The molecule has 4 aliphatic carbocycles. The highest BCUT2D eigenvalue weighted by molar-refractivity contribution is 6.04. The summed E-state index contributed by atoms with van der Waals surface area (Å²) in [4.78, 5) is 26.5. The minimum atomic E-state index is -0.0867. The molecule has 0 spiro atoms. The van der Waals surface area contributed by atoms with Gasteiger partial charge in [-0.05, 0) is 104 Å². The Bertz CT molecular complexity index is 989. The van der Waals surface area contributed by atoms with E-state index in [0.717, 1.165) is 42.0 Å². The zero-order chi connectivity index (χ0) is 21.7. The van der Waals surface area contributed by atoms with Crippen LogP contribution in [0.4, 0.5) is 5.69 Å². The number of rotatable bonds is 5. The second-order valence-corrected chi connectivity index (χ2v) is 10.8. The standard InChI is InChI=1S/C28H32N2O2/c31-26-2-1-11-30(26)18-19-3-5-23(6-4-19)27(32)29-25-9-7-24(8-10-25)28-15-20-12-21(16-28)14-22(13-20)17-28/h3-10,20-22H,1-2,11-18H2,(H,29,32). The summed E-state index contributed by atoms with van der Waals surface area (Å²) in [6, 6.07) is 16.3. The Hall–Kier alpha value is -2.62. The van der Waals surface area contributed by atoms with Crippen molar-refractivity contribution in [2.45, 2.75) is 63.3 Å². The fourth-order valence-corrected chi connectivity index (χ4v) is 7.43. The largest absolute Gasteiger partial charge is 0.338 e. The average Bonchev–Trinajstić information content (AvgIpc) is 3.18. The molecule has 5 fully saturated rings. The fraction of sp³-hybridized carbons (Fsp3) is 0.500. The van der Waals surface area contributed by atoms with E-state index in [9.17, 15) is 9.59 Å². The van der Waals surface area contributed by atoms with E-state index in [1.165, 1.54) is 44.1 Å². The Labute approximate surface area is 190 Å². The van der Waals surface area contributed by atoms with Gasteiger partial charge >= 0.3 is 0 Å². The van der Waals surface area contributed by atoms with Crippen LogP contribution in [0.25, 0.3) is 0 Å². The summed E-state index contributed by atoms with van der Waals surface area (Å²) in [5.41, 5.74) is 4.44. The first-order valence-electron chi connectivity index (χ1n) is 12.3. The third kappa shape index (κ3) is 3.64. The van der Waals surface area contributed by atoms with Crippen LogP contribution in [0.3, 0.4) is 0 Å². The van der Waals surface area contributed by atoms with Gasteiger partial charge in [0.2, 0.25) is 5.91 Å². The SMILES string of the molecule is O=C(Nc1ccc(C23CC4CC(CC(C4)C2)C3)cc1)c1ccc(CN2CCCC2=O)cc1. The molecule has 0 unspecified atom stereocenters. The lowest BCUT2D eigenvalue weighted by Gasteiger charge is -2.57. The molecule has 1 N–H and O–H groups in total. The molecule has 7 rings (SSSR count). The number of anilines is 1. The molecule has 1 saturated heterocycles. The minimum Gasteiger partial charge on any atom is -0.338 e. The zero-order valence-electron chi connectivity index (χ0n) is 18.7. The first-order valence-corrected chi connectivity index (χ1v) is 12.3. The first kappa shape index (κ1) is 20.0. The van der Waals surface area contributed by atoms with Crippen molar-refractivity contribution in [2.24, 2.45) is 17.8 Å². The Morgan fingerprint density at radius 2 is 1.53 bits per heavy atom. The summed E-state index contributed by atoms with van der Waals surface area (Å²) in [5.74, 6) is 2.95. The molecule has 1 heterocycles. The fourth-order valence-electron chi connectivity index (χ4n) is 7.43. The Morgan fingerprint density at radius 1 is 0.906 bits per heavy atom. The molecule has 0 radical (unpaired) electrons. The first-order chi connectivity index (χ1) is 15.6. The topological polar surface area (TPSA) is 49.4 Å². The number of hydrogen-bond donors (Lipinski definition) is 1. The van der Waals surface area contributed by atoms with E-state index < -0.39 is 0 Å². The molecular formula is C28H32N2O2. The monoisotopic (exact) mass is 428 g/mol. The van der Waals surface area contributed by atoms with Crippen molar-refractivity contribution in [3.05, 3.63) is 65.2 Å². The van der Waals surface area contributed by atoms with Gasteiger partial charge in [-0.25, -0.2) is 0 Å². The summed E-state index contributed by atoms with van der Waals surface area (Å²) in [6.45, 7) is 1.47. The molecule has 4 bridgehead atoms. The molecule has 5 aliphatic rings. The van der Waals surface area contributed by atoms with Crippen molar-refractivity contribution in [1.29, 1.82) is 0 Å². The highest BCUT2D eigenvalue weighted by Gasteiger charge is 2.51. The van der Waals surface area contributed by atoms with E-state index in [0.29, 0.717) is 23.9 Å². The summed E-state index contributed by atoms with van der Waals surface area (Å²) in [6.07, 6.45) is 10.1. The van der Waals surface area contributed by atoms with Crippen LogP contribution in [0.1, 0.15) is 72.9 Å². The van der Waals surface area contributed by atoms with Crippen molar-refractivity contribution < 1.29 is 9.59 Å². The molecular weight excluding hydrogens is 396 g/mol. The minimum absolute atomic E-state index is 0.0867. The van der Waals surface area contributed by atoms with Gasteiger partial charge in [0.05, 0.1) is 0 Å². The molecule has 4 nitrogen and oxygen atoms in total. The summed E-state index contributed by atoms with van der Waals surface area (Å²) >= 11 is 0. The van der Waals surface area contributed by atoms with E-state index in [2.05, 4.69) is 29.6 Å². The average molecular weight is 429 g/mol. The molecule has 1 aliphatic heterocycles. The summed E-state index contributed by atoms with van der Waals surface area (Å²) < 4.78 is 0. The van der Waals surface area contributed by atoms with E-state index in [4.69, 9.17) is 0 Å². The van der Waals surface area contributed by atoms with Crippen LogP contribution in [0.15, 0.2) is 48.5 Å². The van der Waals surface area contributed by atoms with Crippen LogP contribution in [0.5, 0.6) is 0 Å². The number of nitrogens with zero attached hydrogens (tertiary/aromatic N) is 1. The number of amides is 2. The van der Waals surface area contributed by atoms with Crippen LogP contribution in [0, 0.1) is 17.8 Å². The number of benzene rings is 2. The number of carbonyl (C=O) groups excluding carboxylic acids is 2. The van der Waals surface area contributed by atoms with Gasteiger partial charge in [0.1, 0.15) is 0 Å². The van der Waals surface area contributed by atoms with Crippen LogP contribution in [-0.4, -0.2) is 23.3 Å². The maximum atomic E-state index is 12.8. The molecule has 0 aromatic heterocycles. The molecule has 166 valence electrons. The predicted octanol–water partition coefficient (Wildman–Crippen LogP) is 5.53. The molecule has 2 amide bonds. The second kappa shape index (κ2) is 7.75. The Morgan fingerprint density at radius 3 is 2.09 bits per heavy atom. The number of hydrogen-bond acceptors (Lipinski definition) is 2. The normalized spacial score (nSPS) is 30.7. The van der Waals surface area contributed by atoms with E-state index in [-0.39, 0.29) is 11.8 Å². The van der Waals surface area contributed by atoms with Gasteiger partial charge in [-0.15, -0.1) is 0 Å². The van der Waals surface area contributed by atoms with Crippen molar-refractivity contribution in [2.75, 3.05) is 11.9 Å². The van der Waals surface area contributed by atoms with Gasteiger partial charge in [0.25, 0.3) is 5.91 Å². The number of likely N-dealkylation sites (tertiary alicyclic amines) is 1. The Kier molecular flexibility index (Phi) is 4.85. The maximum Gasteiger partial charge on any atom is 0.255 e. The molecule has 4 saturated carbocycles. The van der Waals surface area contributed by atoms with Gasteiger partial charge in [-0.1, -0.05) is 24.3 Å².